The molecule has 1 saturated carbocycles. The molecule has 0 spiro atoms. The van der Waals surface area contributed by atoms with Crippen LogP contribution in [0.25, 0.3) is 0 Å². The predicted octanol–water partition coefficient (Wildman–Crippen LogP) is 4.74. The third-order valence-corrected chi connectivity index (χ3v) is 4.88. The van der Waals surface area contributed by atoms with Crippen molar-refractivity contribution in [3.05, 3.63) is 17.8 Å². The summed E-state index contributed by atoms with van der Waals surface area (Å²) in [6, 6.07) is 4.38. The van der Waals surface area contributed by atoms with Gasteiger partial charge in [0.05, 0.1) is 17.7 Å². The summed E-state index contributed by atoms with van der Waals surface area (Å²) >= 11 is 0. The number of hydrogen-bond donors (Lipinski definition) is 0. The highest BCUT2D eigenvalue weighted by atomic mass is 16.5. The molecule has 1 aliphatic carbocycles. The highest BCUT2D eigenvalue weighted by Crippen LogP contribution is 2.29. The first kappa shape index (κ1) is 17.8. The number of hydrogen-bond acceptors (Lipinski definition) is 3. The fraction of sp³-hybridized carbons (Fsp3) is 0.684. The summed E-state index contributed by atoms with van der Waals surface area (Å²) in [7, 11) is 2.03. The van der Waals surface area contributed by atoms with Crippen LogP contribution >= 0.6 is 0 Å². The van der Waals surface area contributed by atoms with E-state index in [1.54, 1.807) is 0 Å². The van der Waals surface area contributed by atoms with Crippen molar-refractivity contribution in [2.24, 2.45) is 10.9 Å². The van der Waals surface area contributed by atoms with E-state index in [1.165, 1.54) is 19.3 Å². The Balaban J connectivity index is 1.94. The lowest BCUT2D eigenvalue weighted by molar-refractivity contribution is 0.124. The summed E-state index contributed by atoms with van der Waals surface area (Å²) < 4.78 is 6.07. The van der Waals surface area contributed by atoms with Crippen molar-refractivity contribution < 1.29 is 4.74 Å². The van der Waals surface area contributed by atoms with E-state index >= 15 is 0 Å². The number of nitrogens with zero attached hydrogens (tertiary/aromatic N) is 3. The van der Waals surface area contributed by atoms with Crippen LogP contribution in [0.2, 0.25) is 0 Å². The summed E-state index contributed by atoms with van der Waals surface area (Å²) in [5.41, 5.74) is 1.82. The zero-order valence-corrected chi connectivity index (χ0v) is 15.2. The van der Waals surface area contributed by atoms with Crippen molar-refractivity contribution in [3.8, 4) is 5.88 Å². The average molecular weight is 317 g/mol. The Bertz CT molecular complexity index is 519. The molecule has 0 radical (unpaired) electrons. The van der Waals surface area contributed by atoms with E-state index in [0.29, 0.717) is 12.1 Å². The second kappa shape index (κ2) is 8.32. The molecule has 0 bridgehead atoms. The molecule has 0 saturated heterocycles. The van der Waals surface area contributed by atoms with Crippen LogP contribution in [0.5, 0.6) is 5.88 Å². The van der Waals surface area contributed by atoms with Gasteiger partial charge < -0.3 is 9.64 Å². The maximum absolute atomic E-state index is 6.07. The third kappa shape index (κ3) is 5.22. The lowest BCUT2D eigenvalue weighted by Gasteiger charge is -2.28. The smallest absolute Gasteiger partial charge is 0.213 e. The molecule has 1 heterocycles. The fourth-order valence-electron chi connectivity index (χ4n) is 2.85. The Hall–Kier alpha value is -1.58. The second-order valence-corrected chi connectivity index (χ2v) is 6.93. The molecule has 0 N–H and O–H groups in total. The van der Waals surface area contributed by atoms with Gasteiger partial charge >= 0.3 is 0 Å². The number of pyridine rings is 1. The lowest BCUT2D eigenvalue weighted by Crippen LogP contribution is -2.24. The first-order valence-corrected chi connectivity index (χ1v) is 8.90. The molecule has 0 unspecified atom stereocenters. The summed E-state index contributed by atoms with van der Waals surface area (Å²) in [4.78, 5) is 11.2. The molecule has 1 aliphatic rings. The number of aryl methyl sites for hydroxylation is 1. The minimum Gasteiger partial charge on any atom is -0.474 e. The molecular formula is C19H31N3O. The van der Waals surface area contributed by atoms with Crippen molar-refractivity contribution >= 4 is 12.0 Å². The maximum atomic E-state index is 6.07. The van der Waals surface area contributed by atoms with Gasteiger partial charge in [-0.25, -0.2) is 9.98 Å². The number of rotatable bonds is 6. The largest absolute Gasteiger partial charge is 0.474 e. The van der Waals surface area contributed by atoms with Crippen LogP contribution < -0.4 is 4.74 Å². The summed E-state index contributed by atoms with van der Waals surface area (Å²) in [6.07, 6.45) is 8.35. The van der Waals surface area contributed by atoms with E-state index in [4.69, 9.17) is 4.74 Å². The molecule has 23 heavy (non-hydrogen) atoms. The first-order valence-electron chi connectivity index (χ1n) is 8.90. The van der Waals surface area contributed by atoms with Gasteiger partial charge in [0.1, 0.15) is 6.10 Å². The van der Waals surface area contributed by atoms with Gasteiger partial charge in [0.15, 0.2) is 0 Å². The van der Waals surface area contributed by atoms with Gasteiger partial charge in [-0.05, 0) is 58.4 Å². The van der Waals surface area contributed by atoms with Crippen molar-refractivity contribution in [1.82, 2.24) is 9.88 Å². The Morgan fingerprint density at radius 1 is 1.30 bits per heavy atom. The Kier molecular flexibility index (Phi) is 6.43. The van der Waals surface area contributed by atoms with Crippen molar-refractivity contribution in [3.63, 3.8) is 0 Å². The third-order valence-electron chi connectivity index (χ3n) is 4.88. The molecule has 1 fully saturated rings. The number of aromatic nitrogens is 1. The lowest BCUT2D eigenvalue weighted by atomic mass is 9.86. The summed E-state index contributed by atoms with van der Waals surface area (Å²) in [5, 5.41) is 0. The predicted molar refractivity (Wildman–Crippen MR) is 96.7 cm³/mol. The SMILES string of the molecule is CC[C@H]1CC[C@@H](Oc2ccc(/N=C/N(C)C(C)C)c(C)n2)CC1. The van der Waals surface area contributed by atoms with E-state index in [1.807, 2.05) is 32.4 Å². The van der Waals surface area contributed by atoms with Gasteiger partial charge in [-0.1, -0.05) is 13.3 Å². The zero-order chi connectivity index (χ0) is 16.8. The highest BCUT2D eigenvalue weighted by Gasteiger charge is 2.21. The van der Waals surface area contributed by atoms with Crippen LogP contribution in [0.3, 0.4) is 0 Å². The number of aliphatic imine (C=N–C) groups is 1. The van der Waals surface area contributed by atoms with E-state index in [0.717, 1.165) is 36.0 Å². The molecule has 4 heteroatoms. The molecule has 0 atom stereocenters. The van der Waals surface area contributed by atoms with Crippen molar-refractivity contribution in [2.75, 3.05) is 7.05 Å². The summed E-state index contributed by atoms with van der Waals surface area (Å²) in [5.74, 6) is 1.62. The van der Waals surface area contributed by atoms with Crippen molar-refractivity contribution in [1.29, 1.82) is 0 Å². The Labute approximate surface area is 141 Å². The average Bonchev–Trinajstić information content (AvgIpc) is 2.54. The van der Waals surface area contributed by atoms with Gasteiger partial charge in [-0.3, -0.25) is 0 Å². The van der Waals surface area contributed by atoms with E-state index in [9.17, 15) is 0 Å². The summed E-state index contributed by atoms with van der Waals surface area (Å²) in [6.45, 7) is 8.55. The van der Waals surface area contributed by atoms with Gasteiger partial charge in [0, 0.05) is 19.2 Å². The minimum atomic E-state index is 0.325. The molecule has 1 aromatic heterocycles. The van der Waals surface area contributed by atoms with Crippen LogP contribution in [0.4, 0.5) is 5.69 Å². The van der Waals surface area contributed by atoms with Crippen molar-refractivity contribution in [2.45, 2.75) is 71.9 Å². The monoisotopic (exact) mass is 317 g/mol. The van der Waals surface area contributed by atoms with Crippen LogP contribution in [0.1, 0.15) is 58.6 Å². The van der Waals surface area contributed by atoms with E-state index in [-0.39, 0.29) is 0 Å². The molecule has 1 aromatic rings. The minimum absolute atomic E-state index is 0.325. The first-order chi connectivity index (χ1) is 11.0. The molecule has 0 aliphatic heterocycles. The fourth-order valence-corrected chi connectivity index (χ4v) is 2.85. The van der Waals surface area contributed by atoms with Crippen LogP contribution in [-0.4, -0.2) is 35.4 Å². The molecule has 128 valence electrons. The topological polar surface area (TPSA) is 37.7 Å². The van der Waals surface area contributed by atoms with E-state index < -0.39 is 0 Å². The normalized spacial score (nSPS) is 21.8. The Morgan fingerprint density at radius 2 is 2.00 bits per heavy atom. The second-order valence-electron chi connectivity index (χ2n) is 6.93. The maximum Gasteiger partial charge on any atom is 0.213 e. The highest BCUT2D eigenvalue weighted by molar-refractivity contribution is 5.62. The zero-order valence-electron chi connectivity index (χ0n) is 15.2. The molecule has 0 amide bonds. The van der Waals surface area contributed by atoms with Crippen LogP contribution in [-0.2, 0) is 0 Å². The molecule has 4 nitrogen and oxygen atoms in total. The van der Waals surface area contributed by atoms with E-state index in [2.05, 4.69) is 35.6 Å². The van der Waals surface area contributed by atoms with Crippen LogP contribution in [0, 0.1) is 12.8 Å². The number of ether oxygens (including phenoxy) is 1. The van der Waals surface area contributed by atoms with Gasteiger partial charge in [-0.15, -0.1) is 0 Å². The van der Waals surface area contributed by atoms with Gasteiger partial charge in [-0.2, -0.15) is 0 Å². The van der Waals surface area contributed by atoms with Gasteiger partial charge in [0.25, 0.3) is 0 Å². The molecular weight excluding hydrogens is 286 g/mol. The molecule has 0 aromatic carbocycles. The van der Waals surface area contributed by atoms with Crippen LogP contribution in [0.15, 0.2) is 17.1 Å². The quantitative estimate of drug-likeness (QED) is 0.562. The molecule has 2 rings (SSSR count). The van der Waals surface area contributed by atoms with Gasteiger partial charge in [0.2, 0.25) is 5.88 Å². The standard InChI is InChI=1S/C19H31N3O/c1-6-16-7-9-17(10-8-16)23-19-12-11-18(15(4)21-19)20-13-22(5)14(2)3/h11-14,16-17H,6-10H2,1-5H3/b20-13+/t16-,17+. The Morgan fingerprint density at radius 3 is 2.57 bits per heavy atom.